The highest BCUT2D eigenvalue weighted by molar-refractivity contribution is 14.0. The molecule has 0 radical (unpaired) electrons. The van der Waals surface area contributed by atoms with Gasteiger partial charge < -0.3 is 19.7 Å². The van der Waals surface area contributed by atoms with E-state index in [-0.39, 0.29) is 35.9 Å². The lowest BCUT2D eigenvalue weighted by atomic mass is 9.98. The van der Waals surface area contributed by atoms with Crippen molar-refractivity contribution in [3.63, 3.8) is 0 Å². The third-order valence-electron chi connectivity index (χ3n) is 4.31. The Morgan fingerprint density at radius 1 is 1.38 bits per heavy atom. The molecule has 146 valence electrons. The van der Waals surface area contributed by atoms with Crippen molar-refractivity contribution in [1.29, 1.82) is 0 Å². The van der Waals surface area contributed by atoms with Crippen LogP contribution in [0.4, 0.5) is 0 Å². The van der Waals surface area contributed by atoms with Gasteiger partial charge in [-0.25, -0.2) is 0 Å². The first-order chi connectivity index (χ1) is 12.2. The molecule has 1 aromatic rings. The first-order valence-corrected chi connectivity index (χ1v) is 8.87. The predicted molar refractivity (Wildman–Crippen MR) is 114 cm³/mol. The van der Waals surface area contributed by atoms with Crippen LogP contribution in [0.15, 0.2) is 29.3 Å². The molecule has 1 unspecified atom stereocenters. The molecule has 6 nitrogen and oxygen atoms in total. The summed E-state index contributed by atoms with van der Waals surface area (Å²) in [6.45, 7) is 5.12. The SMILES string of the molecule is CCOC(=O)C1CCCN(C(=NC)NCc2cccc(COC)c2)C1.I. The van der Waals surface area contributed by atoms with Gasteiger partial charge in [0.1, 0.15) is 0 Å². The average molecular weight is 475 g/mol. The number of hydrogen-bond donors (Lipinski definition) is 1. The van der Waals surface area contributed by atoms with E-state index in [1.807, 2.05) is 13.0 Å². The van der Waals surface area contributed by atoms with E-state index in [9.17, 15) is 4.79 Å². The van der Waals surface area contributed by atoms with Crippen LogP contribution in [-0.4, -0.2) is 50.7 Å². The molecule has 1 atom stereocenters. The molecule has 1 saturated heterocycles. The maximum Gasteiger partial charge on any atom is 0.310 e. The quantitative estimate of drug-likeness (QED) is 0.297. The van der Waals surface area contributed by atoms with Gasteiger partial charge in [0.25, 0.3) is 0 Å². The van der Waals surface area contributed by atoms with Crippen molar-refractivity contribution < 1.29 is 14.3 Å². The summed E-state index contributed by atoms with van der Waals surface area (Å²) in [5.41, 5.74) is 2.33. The van der Waals surface area contributed by atoms with E-state index in [0.717, 1.165) is 30.9 Å². The van der Waals surface area contributed by atoms with Crippen LogP contribution in [0.5, 0.6) is 0 Å². The Hall–Kier alpha value is -1.35. The Morgan fingerprint density at radius 2 is 2.15 bits per heavy atom. The van der Waals surface area contributed by atoms with Crippen molar-refractivity contribution in [2.24, 2.45) is 10.9 Å². The summed E-state index contributed by atoms with van der Waals surface area (Å²) in [4.78, 5) is 18.5. The Kier molecular flexibility index (Phi) is 10.6. The number of aliphatic imine (C=N–C) groups is 1. The number of methoxy groups -OCH3 is 1. The highest BCUT2D eigenvalue weighted by Gasteiger charge is 2.28. The first kappa shape index (κ1) is 22.7. The second-order valence-corrected chi connectivity index (χ2v) is 6.19. The molecule has 0 aromatic heterocycles. The monoisotopic (exact) mass is 475 g/mol. The fraction of sp³-hybridized carbons (Fsp3) is 0.579. The molecule has 1 aliphatic heterocycles. The largest absolute Gasteiger partial charge is 0.466 e. The topological polar surface area (TPSA) is 63.2 Å². The Morgan fingerprint density at radius 3 is 2.85 bits per heavy atom. The summed E-state index contributed by atoms with van der Waals surface area (Å²) in [6, 6.07) is 8.29. The van der Waals surface area contributed by atoms with Crippen molar-refractivity contribution >= 4 is 35.9 Å². The van der Waals surface area contributed by atoms with Crippen LogP contribution in [0.25, 0.3) is 0 Å². The van der Waals surface area contributed by atoms with Gasteiger partial charge in [-0.2, -0.15) is 0 Å². The Bertz CT molecular complexity index is 595. The standard InChI is InChI=1S/C19H29N3O3.HI/c1-4-25-18(23)17-9-6-10-22(13-17)19(20-2)21-12-15-7-5-8-16(11-15)14-24-3;/h5,7-8,11,17H,4,6,9-10,12-14H2,1-3H3,(H,20,21);1H. The lowest BCUT2D eigenvalue weighted by Gasteiger charge is -2.34. The maximum absolute atomic E-state index is 12.0. The number of rotatable bonds is 6. The molecule has 0 aliphatic carbocycles. The van der Waals surface area contributed by atoms with E-state index < -0.39 is 0 Å². The normalized spacial score (nSPS) is 17.4. The second-order valence-electron chi connectivity index (χ2n) is 6.19. The molecule has 1 fully saturated rings. The molecular weight excluding hydrogens is 445 g/mol. The number of piperidine rings is 1. The number of carbonyl (C=O) groups excluding carboxylic acids is 1. The van der Waals surface area contributed by atoms with Crippen LogP contribution in [0.1, 0.15) is 30.9 Å². The molecule has 0 saturated carbocycles. The number of carbonyl (C=O) groups is 1. The van der Waals surface area contributed by atoms with Crippen LogP contribution >= 0.6 is 24.0 Å². The third kappa shape index (κ3) is 6.75. The van der Waals surface area contributed by atoms with E-state index in [2.05, 4.69) is 33.4 Å². The van der Waals surface area contributed by atoms with Crippen molar-refractivity contribution in [1.82, 2.24) is 10.2 Å². The molecule has 1 aliphatic rings. The lowest BCUT2D eigenvalue weighted by molar-refractivity contribution is -0.149. The molecule has 7 heteroatoms. The molecule has 26 heavy (non-hydrogen) atoms. The van der Waals surface area contributed by atoms with Gasteiger partial charge in [-0.1, -0.05) is 24.3 Å². The van der Waals surface area contributed by atoms with Crippen molar-refractivity contribution in [3.8, 4) is 0 Å². The zero-order valence-corrected chi connectivity index (χ0v) is 18.2. The number of nitrogens with one attached hydrogen (secondary N) is 1. The smallest absolute Gasteiger partial charge is 0.310 e. The number of esters is 1. The van der Waals surface area contributed by atoms with Gasteiger partial charge in [0.2, 0.25) is 0 Å². The molecule has 0 spiro atoms. The van der Waals surface area contributed by atoms with Crippen LogP contribution in [-0.2, 0) is 27.4 Å². The number of guanidine groups is 1. The number of benzene rings is 1. The maximum atomic E-state index is 12.0. The van der Waals surface area contributed by atoms with Gasteiger partial charge in [0, 0.05) is 33.8 Å². The van der Waals surface area contributed by atoms with E-state index in [1.165, 1.54) is 5.56 Å². The van der Waals surface area contributed by atoms with E-state index >= 15 is 0 Å². The molecule has 0 amide bonds. The minimum absolute atomic E-state index is 0. The lowest BCUT2D eigenvalue weighted by Crippen LogP contribution is -2.48. The van der Waals surface area contributed by atoms with Crippen LogP contribution in [0, 0.1) is 5.92 Å². The number of nitrogens with zero attached hydrogens (tertiary/aromatic N) is 2. The highest BCUT2D eigenvalue weighted by Crippen LogP contribution is 2.18. The molecular formula is C19H30IN3O3. The molecule has 1 heterocycles. The minimum Gasteiger partial charge on any atom is -0.466 e. The molecule has 1 aromatic carbocycles. The van der Waals surface area contributed by atoms with E-state index in [4.69, 9.17) is 9.47 Å². The summed E-state index contributed by atoms with van der Waals surface area (Å²) in [7, 11) is 3.47. The molecule has 0 bridgehead atoms. The van der Waals surface area contributed by atoms with Crippen LogP contribution in [0.2, 0.25) is 0 Å². The number of likely N-dealkylation sites (tertiary alicyclic amines) is 1. The zero-order chi connectivity index (χ0) is 18.1. The summed E-state index contributed by atoms with van der Waals surface area (Å²) in [5, 5.41) is 3.40. The van der Waals surface area contributed by atoms with E-state index in [0.29, 0.717) is 26.3 Å². The highest BCUT2D eigenvalue weighted by atomic mass is 127. The fourth-order valence-corrected chi connectivity index (χ4v) is 3.13. The third-order valence-corrected chi connectivity index (χ3v) is 4.31. The fourth-order valence-electron chi connectivity index (χ4n) is 3.13. The number of ether oxygens (including phenoxy) is 2. The Labute approximate surface area is 173 Å². The van der Waals surface area contributed by atoms with Gasteiger partial charge in [-0.3, -0.25) is 9.79 Å². The number of halogens is 1. The van der Waals surface area contributed by atoms with Crippen LogP contribution in [0.3, 0.4) is 0 Å². The van der Waals surface area contributed by atoms with E-state index in [1.54, 1.807) is 14.2 Å². The number of hydrogen-bond acceptors (Lipinski definition) is 4. The summed E-state index contributed by atoms with van der Waals surface area (Å²) < 4.78 is 10.4. The summed E-state index contributed by atoms with van der Waals surface area (Å²) >= 11 is 0. The van der Waals surface area contributed by atoms with Gasteiger partial charge in [0.05, 0.1) is 19.1 Å². The van der Waals surface area contributed by atoms with Gasteiger partial charge in [0.15, 0.2) is 5.96 Å². The van der Waals surface area contributed by atoms with Crippen molar-refractivity contribution in [3.05, 3.63) is 35.4 Å². The second kappa shape index (κ2) is 12.1. The van der Waals surface area contributed by atoms with Gasteiger partial charge in [-0.15, -0.1) is 24.0 Å². The molecule has 2 rings (SSSR count). The predicted octanol–water partition coefficient (Wildman–Crippen LogP) is 2.80. The van der Waals surface area contributed by atoms with Crippen molar-refractivity contribution in [2.75, 3.05) is 33.9 Å². The average Bonchev–Trinajstić information content (AvgIpc) is 2.63. The summed E-state index contributed by atoms with van der Waals surface area (Å²) in [6.07, 6.45) is 1.85. The first-order valence-electron chi connectivity index (χ1n) is 8.87. The summed E-state index contributed by atoms with van der Waals surface area (Å²) in [5.74, 6) is 0.651. The Balaban J connectivity index is 0.00000338. The molecule has 1 N–H and O–H groups in total. The minimum atomic E-state index is -0.102. The van der Waals surface area contributed by atoms with Gasteiger partial charge in [-0.05, 0) is 30.9 Å². The van der Waals surface area contributed by atoms with Crippen molar-refractivity contribution in [2.45, 2.75) is 32.9 Å². The zero-order valence-electron chi connectivity index (χ0n) is 15.9. The van der Waals surface area contributed by atoms with Crippen LogP contribution < -0.4 is 5.32 Å². The van der Waals surface area contributed by atoms with Gasteiger partial charge >= 0.3 is 5.97 Å².